The average Bonchev–Trinajstić information content (AvgIpc) is 3.91. The lowest BCUT2D eigenvalue weighted by molar-refractivity contribution is 0.660. The maximum atomic E-state index is 6.73. The van der Waals surface area contributed by atoms with E-state index in [0.29, 0.717) is 11.6 Å². The number of nitrogens with zero attached hydrogens (tertiary/aromatic N) is 4. The average molecular weight is 761 g/mol. The summed E-state index contributed by atoms with van der Waals surface area (Å²) >= 11 is 0. The first kappa shape index (κ1) is 34.0. The molecule has 0 spiro atoms. The molecule has 4 aliphatic rings. The molecule has 282 valence electrons. The van der Waals surface area contributed by atoms with Gasteiger partial charge in [0, 0.05) is 50.7 Å². The molecule has 3 aliphatic carbocycles. The highest BCUT2D eigenvalue weighted by molar-refractivity contribution is 6.07. The fourth-order valence-electron chi connectivity index (χ4n) is 9.92. The van der Waals surface area contributed by atoms with Crippen molar-refractivity contribution in [3.8, 4) is 45.0 Å². The Kier molecular flexibility index (Phi) is 7.46. The molecule has 0 saturated carbocycles. The minimum absolute atomic E-state index is 0.126. The van der Waals surface area contributed by atoms with E-state index in [9.17, 15) is 0 Å². The fourth-order valence-corrected chi connectivity index (χ4v) is 9.92. The lowest BCUT2D eigenvalue weighted by atomic mass is 9.82. The van der Waals surface area contributed by atoms with Crippen molar-refractivity contribution < 1.29 is 4.42 Å². The summed E-state index contributed by atoms with van der Waals surface area (Å²) in [4.78, 5) is 17.9. The van der Waals surface area contributed by atoms with Crippen LogP contribution in [0.1, 0.15) is 55.1 Å². The largest absolute Gasteiger partial charge is 0.456 e. The van der Waals surface area contributed by atoms with Crippen LogP contribution in [0, 0.1) is 0 Å². The van der Waals surface area contributed by atoms with Gasteiger partial charge in [-0.1, -0.05) is 135 Å². The Morgan fingerprint density at radius 3 is 2.15 bits per heavy atom. The van der Waals surface area contributed by atoms with E-state index in [0.717, 1.165) is 63.0 Å². The van der Waals surface area contributed by atoms with Crippen molar-refractivity contribution in [3.63, 3.8) is 0 Å². The maximum Gasteiger partial charge on any atom is 0.164 e. The topological polar surface area (TPSA) is 55.1 Å². The van der Waals surface area contributed by atoms with E-state index in [1.54, 1.807) is 0 Å². The predicted octanol–water partition coefficient (Wildman–Crippen LogP) is 13.5. The van der Waals surface area contributed by atoms with Crippen LogP contribution in [0.5, 0.6) is 0 Å². The Morgan fingerprint density at radius 1 is 0.593 bits per heavy atom. The molecule has 12 rings (SSSR count). The third kappa shape index (κ3) is 5.34. The van der Waals surface area contributed by atoms with Crippen molar-refractivity contribution in [1.29, 1.82) is 0 Å². The minimum Gasteiger partial charge on any atom is -0.456 e. The SMILES string of the molecule is CC1(C)c2ccccc2-c2ccc(-c3nc(C4=CC=CCC4)nc(-c4ccc5c(c4)oc4cc(N6c7ccc(-c8ccccc8)cc7C7C=CC=CC76)ccc45)n3)cc21. The van der Waals surface area contributed by atoms with Gasteiger partial charge in [0.15, 0.2) is 17.5 Å². The van der Waals surface area contributed by atoms with E-state index < -0.39 is 0 Å². The number of furan rings is 1. The number of hydrogen-bond donors (Lipinski definition) is 0. The van der Waals surface area contributed by atoms with E-state index in [1.807, 2.05) is 0 Å². The third-order valence-corrected chi connectivity index (χ3v) is 12.9. The van der Waals surface area contributed by atoms with Crippen LogP contribution in [0.3, 0.4) is 0 Å². The Balaban J connectivity index is 0.938. The molecule has 8 aromatic rings. The molecule has 0 saturated heterocycles. The van der Waals surface area contributed by atoms with Gasteiger partial charge >= 0.3 is 0 Å². The number of fused-ring (bicyclic) bond motifs is 9. The second kappa shape index (κ2) is 13.0. The maximum absolute atomic E-state index is 6.73. The highest BCUT2D eigenvalue weighted by atomic mass is 16.3. The Bertz CT molecular complexity index is 3160. The Labute approximate surface area is 343 Å². The van der Waals surface area contributed by atoms with E-state index in [4.69, 9.17) is 19.4 Å². The highest BCUT2D eigenvalue weighted by Crippen LogP contribution is 2.51. The molecule has 1 aliphatic heterocycles. The monoisotopic (exact) mass is 760 g/mol. The smallest absolute Gasteiger partial charge is 0.164 e. The molecule has 0 radical (unpaired) electrons. The number of allylic oxidation sites excluding steroid dienone is 6. The van der Waals surface area contributed by atoms with Crippen molar-refractivity contribution in [2.24, 2.45) is 0 Å². The van der Waals surface area contributed by atoms with E-state index >= 15 is 0 Å². The summed E-state index contributed by atoms with van der Waals surface area (Å²) in [6, 6.07) is 46.2. The first-order valence-corrected chi connectivity index (χ1v) is 20.7. The molecule has 2 aromatic heterocycles. The number of anilines is 2. The van der Waals surface area contributed by atoms with Gasteiger partial charge in [-0.3, -0.25) is 0 Å². The van der Waals surface area contributed by atoms with Crippen molar-refractivity contribution in [3.05, 3.63) is 192 Å². The Hall–Kier alpha value is -7.11. The van der Waals surface area contributed by atoms with Crippen LogP contribution in [0.25, 0.3) is 72.5 Å². The summed E-state index contributed by atoms with van der Waals surface area (Å²) in [5.74, 6) is 2.30. The van der Waals surface area contributed by atoms with E-state index in [-0.39, 0.29) is 17.4 Å². The van der Waals surface area contributed by atoms with Gasteiger partial charge in [-0.2, -0.15) is 0 Å². The van der Waals surface area contributed by atoms with E-state index in [2.05, 4.69) is 189 Å². The molecule has 5 nitrogen and oxygen atoms in total. The van der Waals surface area contributed by atoms with Crippen LogP contribution in [0.15, 0.2) is 174 Å². The molecule has 0 bridgehead atoms. The Morgan fingerprint density at radius 2 is 1.31 bits per heavy atom. The zero-order chi connectivity index (χ0) is 39.2. The summed E-state index contributed by atoms with van der Waals surface area (Å²) in [6.45, 7) is 4.62. The molecule has 5 heteroatoms. The number of hydrogen-bond acceptors (Lipinski definition) is 5. The zero-order valence-corrected chi connectivity index (χ0v) is 32.9. The predicted molar refractivity (Wildman–Crippen MR) is 241 cm³/mol. The normalized spacial score (nSPS) is 18.2. The number of aromatic nitrogens is 3. The van der Waals surface area contributed by atoms with E-state index in [1.165, 1.54) is 44.6 Å². The summed E-state index contributed by atoms with van der Waals surface area (Å²) in [5, 5.41) is 2.15. The second-order valence-corrected chi connectivity index (χ2v) is 16.7. The minimum atomic E-state index is -0.126. The van der Waals surface area contributed by atoms with Crippen molar-refractivity contribution in [1.82, 2.24) is 15.0 Å². The van der Waals surface area contributed by atoms with Gasteiger partial charge in [-0.25, -0.2) is 15.0 Å². The highest BCUT2D eigenvalue weighted by Gasteiger charge is 2.38. The molecule has 2 atom stereocenters. The van der Waals surface area contributed by atoms with Gasteiger partial charge < -0.3 is 9.32 Å². The van der Waals surface area contributed by atoms with Crippen LogP contribution in [-0.2, 0) is 5.41 Å². The quantitative estimate of drug-likeness (QED) is 0.175. The van der Waals surface area contributed by atoms with Gasteiger partial charge in [-0.15, -0.1) is 0 Å². The number of benzene rings is 6. The first-order valence-electron chi connectivity index (χ1n) is 20.7. The summed E-state index contributed by atoms with van der Waals surface area (Å²) < 4.78 is 6.73. The molecule has 0 N–H and O–H groups in total. The molecule has 3 heterocycles. The molecule has 0 amide bonds. The lowest BCUT2D eigenvalue weighted by Crippen LogP contribution is -2.28. The first-order chi connectivity index (χ1) is 29.0. The van der Waals surface area contributed by atoms with Gasteiger partial charge in [-0.05, 0) is 99.8 Å². The molecule has 0 fully saturated rings. The van der Waals surface area contributed by atoms with Gasteiger partial charge in [0.1, 0.15) is 11.2 Å². The summed E-state index contributed by atoms with van der Waals surface area (Å²) in [7, 11) is 0. The fraction of sp³-hybridized carbons (Fsp3) is 0.130. The van der Waals surface area contributed by atoms with Crippen molar-refractivity contribution in [2.75, 3.05) is 4.90 Å². The van der Waals surface area contributed by atoms with Crippen LogP contribution < -0.4 is 4.90 Å². The molecule has 6 aromatic carbocycles. The molecule has 2 unspecified atom stereocenters. The number of rotatable bonds is 5. The van der Waals surface area contributed by atoms with Crippen LogP contribution >= 0.6 is 0 Å². The van der Waals surface area contributed by atoms with Crippen LogP contribution in [-0.4, -0.2) is 21.0 Å². The van der Waals surface area contributed by atoms with Gasteiger partial charge in [0.05, 0.1) is 6.04 Å². The van der Waals surface area contributed by atoms with Crippen LogP contribution in [0.2, 0.25) is 0 Å². The van der Waals surface area contributed by atoms with Crippen molar-refractivity contribution >= 4 is 38.9 Å². The summed E-state index contributed by atoms with van der Waals surface area (Å²) in [5.41, 5.74) is 15.9. The third-order valence-electron chi connectivity index (χ3n) is 12.9. The standard InChI is InChI=1S/C54H40N4O/c1-54(2)45-19-11-9-17-39(45)40-25-21-36(30-46(40)54)52-55-51(34-15-7-4-8-16-34)56-53(57-52)37-22-26-42-43-27-24-38(32-50(43)59-49(42)31-37)58-47-20-12-10-18-41(47)44-29-35(23-28-48(44)58)33-13-5-3-6-14-33/h3-7,9-15,17-32,41,47H,8,16H2,1-2H3. The van der Waals surface area contributed by atoms with Gasteiger partial charge in [0.2, 0.25) is 0 Å². The molecular formula is C54H40N4O. The molecular weight excluding hydrogens is 721 g/mol. The van der Waals surface area contributed by atoms with Gasteiger partial charge in [0.25, 0.3) is 0 Å². The second-order valence-electron chi connectivity index (χ2n) is 16.7. The summed E-state index contributed by atoms with van der Waals surface area (Å²) in [6.07, 6.45) is 17.3. The lowest BCUT2D eigenvalue weighted by Gasteiger charge is -2.28. The van der Waals surface area contributed by atoms with Crippen molar-refractivity contribution in [2.45, 2.75) is 44.1 Å². The molecule has 59 heavy (non-hydrogen) atoms. The zero-order valence-electron chi connectivity index (χ0n) is 32.9. The van der Waals surface area contributed by atoms with Crippen LogP contribution in [0.4, 0.5) is 11.4 Å².